The molecule has 4 rings (SSSR count). The van der Waals surface area contributed by atoms with Crippen molar-refractivity contribution in [3.63, 3.8) is 0 Å². The summed E-state index contributed by atoms with van der Waals surface area (Å²) in [6, 6.07) is 0. The maximum atomic E-state index is 12.9. The van der Waals surface area contributed by atoms with Crippen LogP contribution in [0.1, 0.15) is 0 Å². The van der Waals surface area contributed by atoms with Gasteiger partial charge in [0.25, 0.3) is 0 Å². The fraction of sp³-hybridized carbons (Fsp3) is 1.00. The minimum absolute atomic E-state index is 2.23. The molecule has 4 saturated heterocycles. The molecule has 0 aliphatic carbocycles. The molecule has 600 valence electrons. The molecule has 20 atom stereocenters. The minimum Gasteiger partial charge on any atom is -0.341 e. The van der Waals surface area contributed by atoms with Crippen molar-refractivity contribution in [2.24, 2.45) is 0 Å². The van der Waals surface area contributed by atoms with Gasteiger partial charge in [-0.05, 0) is 0 Å². The van der Waals surface area contributed by atoms with E-state index in [1.165, 1.54) is 0 Å². The van der Waals surface area contributed by atoms with Crippen LogP contribution in [-0.4, -0.2) is 331 Å². The third kappa shape index (κ3) is 33.5. The first-order valence-electron chi connectivity index (χ1n) is 23.3. The molecule has 63 nitrogen and oxygen atoms in total. The van der Waals surface area contributed by atoms with Crippen LogP contribution in [0.25, 0.3) is 0 Å². The van der Waals surface area contributed by atoms with E-state index in [0.717, 1.165) is 0 Å². The molecular weight excluding hydrogens is 1750 g/mol. The first-order valence-corrected chi connectivity index (χ1v) is 42.4. The smallest absolute Gasteiger partial charge is 0.341 e. The topological polar surface area (TPSA) is 955 Å². The predicted octanol–water partition coefficient (Wildman–Crippen LogP) is -12.2. The first-order chi connectivity index (χ1) is 44.7. The van der Waals surface area contributed by atoms with E-state index in [0.29, 0.717) is 0 Å². The standard InChI is InChI=1S/C24H42O63S14/c25-88(26,27)67-1-5-9(78-92(37,38)39)13(17(83-97(52,53)54)22(72-5)77-15-11(80-94(43,44)45)7(3-69-90(31,32)33)74-24(87-101(64,65)66)19(15)85-99(58,59)60)75-21-18(84-98(55,56)57)14(10(79-93(40,41)42)6(71-21)2-68-89(28,29)30)76-23-20(86-100(61,62)63)16(82-96(49,50)51)12(81-95(46,47)48)8(73-23)4-70-91(34,35)36/h5-24H,1-4H2,(H,25,26,27)(H,28,29,30)(H,31,32,33)(H,34,35,36)(H,37,38,39)(H,40,41,42)(H,43,44,45)(H,46,47,48)(H,49,50,51)(H,52,53,54)(H,55,56,57)(H,58,59,60)(H,61,62,63)(H,64,65,66)/t5-,6-,7-,8-,9-,10-,11-,12-,13+,14+,15+,16+,17-,18-,19-,20-,21-,22-,23-,24+/m1/s1. The van der Waals surface area contributed by atoms with Gasteiger partial charge in [-0.25, -0.2) is 58.6 Å². The zero-order valence-electron chi connectivity index (χ0n) is 46.4. The van der Waals surface area contributed by atoms with Gasteiger partial charge in [-0.15, -0.1) is 0 Å². The summed E-state index contributed by atoms with van der Waals surface area (Å²) in [5, 5.41) is 0. The van der Waals surface area contributed by atoms with E-state index in [2.05, 4.69) is 58.6 Å². The summed E-state index contributed by atoms with van der Waals surface area (Å²) in [5.74, 6) is 0. The maximum absolute atomic E-state index is 12.9. The van der Waals surface area contributed by atoms with E-state index in [-0.39, 0.29) is 0 Å². The molecule has 0 saturated carbocycles. The molecule has 4 fully saturated rings. The highest BCUT2D eigenvalue weighted by Gasteiger charge is 2.63. The molecule has 0 amide bonds. The molecule has 101 heavy (non-hydrogen) atoms. The quantitative estimate of drug-likeness (QED) is 0.0255. The normalized spacial score (nSPS) is 32.5. The van der Waals surface area contributed by atoms with Crippen LogP contribution < -0.4 is 0 Å². The highest BCUT2D eigenvalue weighted by atomic mass is 32.3. The molecule has 0 aromatic rings. The lowest BCUT2D eigenvalue weighted by atomic mass is 9.95. The largest absolute Gasteiger partial charge is 0.399 e. The van der Waals surface area contributed by atoms with E-state index in [9.17, 15) is 182 Å². The van der Waals surface area contributed by atoms with Crippen molar-refractivity contribution in [3.05, 3.63) is 0 Å². The van der Waals surface area contributed by atoms with Crippen LogP contribution in [0.3, 0.4) is 0 Å². The Balaban J connectivity index is 2.32. The summed E-state index contributed by atoms with van der Waals surface area (Å²) in [4.78, 5) is 0. The molecule has 0 unspecified atom stereocenters. The summed E-state index contributed by atoms with van der Waals surface area (Å²) in [6.45, 7) is -9.43. The summed E-state index contributed by atoms with van der Waals surface area (Å²) < 4.78 is 575. The third-order valence-electron chi connectivity index (χ3n) is 11.1. The zero-order chi connectivity index (χ0) is 78.2. The molecular formula is C24H42O63S14. The van der Waals surface area contributed by atoms with Crippen molar-refractivity contribution in [1.29, 1.82) is 0 Å². The van der Waals surface area contributed by atoms with Gasteiger partial charge in [-0.1, -0.05) is 0 Å². The van der Waals surface area contributed by atoms with Crippen molar-refractivity contribution in [3.8, 4) is 0 Å². The summed E-state index contributed by atoms with van der Waals surface area (Å²) in [7, 11) is -91.2. The number of rotatable bonds is 38. The Morgan fingerprint density at radius 3 is 0.515 bits per heavy atom. The highest BCUT2D eigenvalue weighted by Crippen LogP contribution is 2.42. The fourth-order valence-corrected chi connectivity index (χ4v) is 14.5. The van der Waals surface area contributed by atoms with Crippen molar-refractivity contribution in [1.82, 2.24) is 0 Å². The maximum Gasteiger partial charge on any atom is 0.399 e. The van der Waals surface area contributed by atoms with E-state index in [4.69, 9.17) is 33.2 Å². The second-order valence-corrected chi connectivity index (χ2v) is 33.1. The van der Waals surface area contributed by atoms with Gasteiger partial charge in [0.2, 0.25) is 6.29 Å². The Bertz CT molecular complexity index is 4610. The van der Waals surface area contributed by atoms with Crippen LogP contribution in [-0.2, 0) is 237 Å². The van der Waals surface area contributed by atoms with Gasteiger partial charge in [0.15, 0.2) is 43.3 Å². The summed E-state index contributed by atoms with van der Waals surface area (Å²) in [5.41, 5.74) is 0. The SMILES string of the molecule is O=S(=O)(O)OC[C@H]1O[C@H](O[C@@H]2[C@@H](OS(=O)(=O)O)[C@H](OS(=O)(=O)O)O[C@H](COS(=O)(=O)O)[C@H]2OS(=O)(=O)O)[C@H](OS(=O)(=O)O)[C@@H](O[C@H]2O[C@H](COS(=O)(=O)O)[C@@H](OS(=O)(=O)O)[C@H](O[C@H]3O[C@H](COS(=O)(=O)O)[C@@H](OS(=O)(=O)O)[C@H](OS(=O)(=O)O)[C@H]3OS(=O)(=O)O)[C@H]2OS(=O)(=O)O)[C@@H]1OS(=O)(=O)O. The van der Waals surface area contributed by atoms with Gasteiger partial charge in [-0.2, -0.15) is 118 Å². The van der Waals surface area contributed by atoms with Gasteiger partial charge in [0, 0.05) is 0 Å². The molecule has 0 radical (unpaired) electrons. The average Bonchev–Trinajstić information content (AvgIpc) is 0.754. The number of hydrogen-bond donors (Lipinski definition) is 14. The molecule has 14 N–H and O–H groups in total. The van der Waals surface area contributed by atoms with E-state index in [1.807, 2.05) is 0 Å². The molecule has 0 spiro atoms. The fourth-order valence-electron chi connectivity index (χ4n) is 8.37. The second-order valence-electron chi connectivity index (χ2n) is 18.2. The minimum atomic E-state index is -6.93. The molecule has 0 aromatic carbocycles. The summed E-state index contributed by atoms with van der Waals surface area (Å²) in [6.07, 6.45) is -75.8. The Morgan fingerprint density at radius 2 is 0.327 bits per heavy atom. The molecule has 0 bridgehead atoms. The van der Waals surface area contributed by atoms with Crippen molar-refractivity contribution < 1.29 is 273 Å². The van der Waals surface area contributed by atoms with Crippen molar-refractivity contribution in [2.75, 3.05) is 26.4 Å². The molecule has 77 heteroatoms. The van der Waals surface area contributed by atoms with Gasteiger partial charge >= 0.3 is 146 Å². The summed E-state index contributed by atoms with van der Waals surface area (Å²) >= 11 is 0. The molecule has 4 aliphatic heterocycles. The van der Waals surface area contributed by atoms with Crippen LogP contribution in [0.2, 0.25) is 0 Å². The Labute approximate surface area is 564 Å². The first kappa shape index (κ1) is 91.3. The van der Waals surface area contributed by atoms with Crippen LogP contribution >= 0.6 is 0 Å². The van der Waals surface area contributed by atoms with Gasteiger partial charge in [-0.3, -0.25) is 63.7 Å². The third-order valence-corrected chi connectivity index (χ3v) is 17.4. The van der Waals surface area contributed by atoms with Crippen LogP contribution in [0.15, 0.2) is 0 Å². The van der Waals surface area contributed by atoms with Gasteiger partial charge in [0.1, 0.15) is 73.2 Å². The van der Waals surface area contributed by atoms with Gasteiger partial charge < -0.3 is 33.2 Å². The average molecular weight is 1790 g/mol. The zero-order valence-corrected chi connectivity index (χ0v) is 57.8. The Hall–Kier alpha value is -2.10. The highest BCUT2D eigenvalue weighted by molar-refractivity contribution is 7.83. The van der Waals surface area contributed by atoms with Crippen LogP contribution in [0.4, 0.5) is 0 Å². The molecule has 0 aromatic heterocycles. The van der Waals surface area contributed by atoms with Crippen molar-refractivity contribution in [2.45, 2.75) is 123 Å². The molecule has 4 heterocycles. The lowest BCUT2D eigenvalue weighted by Crippen LogP contribution is -2.70. The van der Waals surface area contributed by atoms with Crippen LogP contribution in [0.5, 0.6) is 0 Å². The van der Waals surface area contributed by atoms with Crippen LogP contribution in [0, 0.1) is 0 Å². The number of ether oxygens (including phenoxy) is 7. The second kappa shape index (κ2) is 33.0. The van der Waals surface area contributed by atoms with E-state index >= 15 is 0 Å². The van der Waals surface area contributed by atoms with E-state index < -0.39 is 295 Å². The van der Waals surface area contributed by atoms with Crippen molar-refractivity contribution >= 4 is 146 Å². The van der Waals surface area contributed by atoms with Gasteiger partial charge in [0.05, 0.1) is 26.4 Å². The lowest BCUT2D eigenvalue weighted by molar-refractivity contribution is -0.378. The number of hydrogen-bond acceptors (Lipinski definition) is 49. The predicted molar refractivity (Wildman–Crippen MR) is 280 cm³/mol. The Kier molecular flexibility index (Phi) is 29.8. The molecule has 4 aliphatic rings. The monoisotopic (exact) mass is 1790 g/mol. The lowest BCUT2D eigenvalue weighted by Gasteiger charge is -2.51. The Morgan fingerprint density at radius 1 is 0.178 bits per heavy atom. The van der Waals surface area contributed by atoms with E-state index in [1.54, 1.807) is 0 Å².